The van der Waals surface area contributed by atoms with Gasteiger partial charge in [-0.05, 0) is 45.4 Å². The van der Waals surface area contributed by atoms with Gasteiger partial charge in [-0.1, -0.05) is 6.07 Å². The number of anilines is 2. The van der Waals surface area contributed by atoms with Crippen LogP contribution < -0.4 is 10.6 Å². The molecule has 20 heavy (non-hydrogen) atoms. The number of amides is 1. The van der Waals surface area contributed by atoms with Crippen molar-refractivity contribution in [1.29, 1.82) is 0 Å². The van der Waals surface area contributed by atoms with Crippen LogP contribution in [0.1, 0.15) is 26.3 Å². The van der Waals surface area contributed by atoms with Crippen LogP contribution in [0, 0.1) is 6.92 Å². The van der Waals surface area contributed by atoms with E-state index in [1.165, 1.54) is 5.56 Å². The fourth-order valence-corrected chi connectivity index (χ4v) is 2.45. The lowest BCUT2D eigenvalue weighted by atomic mass is 10.1. The van der Waals surface area contributed by atoms with E-state index in [4.69, 9.17) is 4.74 Å². The zero-order valence-electron chi connectivity index (χ0n) is 12.4. The van der Waals surface area contributed by atoms with Gasteiger partial charge in [-0.25, -0.2) is 4.79 Å². The Balaban J connectivity index is 2.01. The summed E-state index contributed by atoms with van der Waals surface area (Å²) in [5.74, 6) is 2.28. The molecular formula is C15H22N2O2S. The molecule has 0 spiro atoms. The SMILES string of the molecule is Cc1ccc(NC(=O)OC(C)(C)C)cc1NC1CSC1. The standard InChI is InChI=1S/C15H22N2O2S/c1-10-5-6-11(17-14(18)19-15(2,3)4)7-13(10)16-12-8-20-9-12/h5-7,12,16H,8-9H2,1-4H3,(H,17,18). The minimum atomic E-state index is -0.487. The van der Waals surface area contributed by atoms with Gasteiger partial charge in [-0.3, -0.25) is 5.32 Å². The molecule has 1 aliphatic rings. The molecule has 1 aromatic carbocycles. The van der Waals surface area contributed by atoms with Gasteiger partial charge in [-0.2, -0.15) is 11.8 Å². The first kappa shape index (κ1) is 15.0. The molecule has 0 unspecified atom stereocenters. The molecule has 2 N–H and O–H groups in total. The molecule has 2 rings (SSSR count). The maximum absolute atomic E-state index is 11.8. The molecule has 0 saturated carbocycles. The van der Waals surface area contributed by atoms with Crippen molar-refractivity contribution in [3.63, 3.8) is 0 Å². The van der Waals surface area contributed by atoms with Crippen molar-refractivity contribution < 1.29 is 9.53 Å². The summed E-state index contributed by atoms with van der Waals surface area (Å²) in [5, 5.41) is 6.26. The largest absolute Gasteiger partial charge is 0.444 e. The van der Waals surface area contributed by atoms with Crippen molar-refractivity contribution in [1.82, 2.24) is 0 Å². The Labute approximate surface area is 124 Å². The lowest BCUT2D eigenvalue weighted by molar-refractivity contribution is 0.0636. The lowest BCUT2D eigenvalue weighted by Crippen LogP contribution is -2.33. The number of hydrogen-bond acceptors (Lipinski definition) is 4. The normalized spacial score (nSPS) is 15.4. The Morgan fingerprint density at radius 2 is 2.05 bits per heavy atom. The summed E-state index contributed by atoms with van der Waals surface area (Å²) >= 11 is 1.94. The number of nitrogens with one attached hydrogen (secondary N) is 2. The Bertz CT molecular complexity index is 493. The number of carbonyl (C=O) groups is 1. The van der Waals surface area contributed by atoms with E-state index >= 15 is 0 Å². The highest BCUT2D eigenvalue weighted by atomic mass is 32.2. The van der Waals surface area contributed by atoms with E-state index in [-0.39, 0.29) is 0 Å². The average molecular weight is 294 g/mol. The molecule has 5 heteroatoms. The summed E-state index contributed by atoms with van der Waals surface area (Å²) < 4.78 is 5.25. The van der Waals surface area contributed by atoms with E-state index in [0.29, 0.717) is 6.04 Å². The van der Waals surface area contributed by atoms with Crippen molar-refractivity contribution in [2.24, 2.45) is 0 Å². The minimum Gasteiger partial charge on any atom is -0.444 e. The first-order valence-electron chi connectivity index (χ1n) is 6.78. The van der Waals surface area contributed by atoms with Gasteiger partial charge in [0.25, 0.3) is 0 Å². The summed E-state index contributed by atoms with van der Waals surface area (Å²) in [6.07, 6.45) is -0.425. The Hall–Kier alpha value is -1.36. The number of benzene rings is 1. The minimum absolute atomic E-state index is 0.425. The third kappa shape index (κ3) is 4.34. The van der Waals surface area contributed by atoms with Gasteiger partial charge in [0.15, 0.2) is 0 Å². The second kappa shape index (κ2) is 5.95. The molecule has 0 radical (unpaired) electrons. The number of ether oxygens (including phenoxy) is 1. The van der Waals surface area contributed by atoms with Crippen LogP contribution in [0.25, 0.3) is 0 Å². The van der Waals surface area contributed by atoms with Gasteiger partial charge in [0, 0.05) is 28.9 Å². The molecule has 1 saturated heterocycles. The topological polar surface area (TPSA) is 50.4 Å². The van der Waals surface area contributed by atoms with Crippen molar-refractivity contribution in [3.8, 4) is 0 Å². The second-order valence-electron chi connectivity index (χ2n) is 6.04. The predicted octanol–water partition coefficient (Wildman–Crippen LogP) is 3.87. The number of rotatable bonds is 3. The lowest BCUT2D eigenvalue weighted by Gasteiger charge is -2.28. The maximum atomic E-state index is 11.8. The Morgan fingerprint density at radius 3 is 2.60 bits per heavy atom. The maximum Gasteiger partial charge on any atom is 0.412 e. The highest BCUT2D eigenvalue weighted by Gasteiger charge is 2.19. The number of hydrogen-bond donors (Lipinski definition) is 2. The van der Waals surface area contributed by atoms with E-state index in [0.717, 1.165) is 22.9 Å². The fraction of sp³-hybridized carbons (Fsp3) is 0.533. The molecule has 4 nitrogen and oxygen atoms in total. The zero-order valence-corrected chi connectivity index (χ0v) is 13.3. The van der Waals surface area contributed by atoms with Gasteiger partial charge in [-0.15, -0.1) is 0 Å². The summed E-state index contributed by atoms with van der Waals surface area (Å²) in [6.45, 7) is 7.61. The molecule has 0 atom stereocenters. The van der Waals surface area contributed by atoms with E-state index in [9.17, 15) is 4.79 Å². The molecule has 0 bridgehead atoms. The van der Waals surface area contributed by atoms with E-state index in [2.05, 4.69) is 17.6 Å². The molecule has 1 aromatic rings. The van der Waals surface area contributed by atoms with Crippen molar-refractivity contribution >= 4 is 29.2 Å². The molecule has 1 fully saturated rings. The molecule has 110 valence electrons. The molecule has 0 aromatic heterocycles. The van der Waals surface area contributed by atoms with Gasteiger partial charge in [0.2, 0.25) is 0 Å². The van der Waals surface area contributed by atoms with Crippen LogP contribution in [0.3, 0.4) is 0 Å². The Kier molecular flexibility index (Phi) is 4.48. The summed E-state index contributed by atoms with van der Waals surface area (Å²) in [5.41, 5.74) is 2.51. The van der Waals surface area contributed by atoms with Gasteiger partial charge in [0.1, 0.15) is 5.60 Å². The number of carbonyl (C=O) groups excluding carboxylic acids is 1. The van der Waals surface area contributed by atoms with Crippen LogP contribution in [-0.2, 0) is 4.74 Å². The van der Waals surface area contributed by atoms with Crippen LogP contribution in [-0.4, -0.2) is 29.2 Å². The third-order valence-electron chi connectivity index (χ3n) is 2.88. The fourth-order valence-electron chi connectivity index (χ4n) is 1.82. The summed E-state index contributed by atoms with van der Waals surface area (Å²) in [7, 11) is 0. The quantitative estimate of drug-likeness (QED) is 0.888. The third-order valence-corrected chi connectivity index (χ3v) is 4.16. The van der Waals surface area contributed by atoms with Gasteiger partial charge < -0.3 is 10.1 Å². The first-order chi connectivity index (χ1) is 9.33. The summed E-state index contributed by atoms with van der Waals surface area (Å²) in [6, 6.07) is 6.39. The van der Waals surface area contributed by atoms with Crippen LogP contribution in [0.4, 0.5) is 16.2 Å². The van der Waals surface area contributed by atoms with Crippen LogP contribution >= 0.6 is 11.8 Å². The van der Waals surface area contributed by atoms with Gasteiger partial charge >= 0.3 is 6.09 Å². The molecular weight excluding hydrogens is 272 g/mol. The molecule has 1 amide bonds. The van der Waals surface area contributed by atoms with Gasteiger partial charge in [0.05, 0.1) is 0 Å². The monoisotopic (exact) mass is 294 g/mol. The van der Waals surface area contributed by atoms with Crippen LogP contribution in [0.2, 0.25) is 0 Å². The molecule has 0 aliphatic carbocycles. The van der Waals surface area contributed by atoms with Crippen LogP contribution in [0.15, 0.2) is 18.2 Å². The highest BCUT2D eigenvalue weighted by Crippen LogP contribution is 2.26. The average Bonchev–Trinajstić information content (AvgIpc) is 2.24. The smallest absolute Gasteiger partial charge is 0.412 e. The molecule has 1 heterocycles. The van der Waals surface area contributed by atoms with E-state index in [1.807, 2.05) is 50.7 Å². The number of thioether (sulfide) groups is 1. The van der Waals surface area contributed by atoms with Crippen molar-refractivity contribution in [2.75, 3.05) is 22.1 Å². The van der Waals surface area contributed by atoms with Crippen molar-refractivity contribution in [2.45, 2.75) is 39.3 Å². The zero-order chi connectivity index (χ0) is 14.8. The molecule has 1 aliphatic heterocycles. The second-order valence-corrected chi connectivity index (χ2v) is 7.11. The highest BCUT2D eigenvalue weighted by molar-refractivity contribution is 8.00. The van der Waals surface area contributed by atoms with Crippen LogP contribution in [0.5, 0.6) is 0 Å². The summed E-state index contributed by atoms with van der Waals surface area (Å²) in [4.78, 5) is 11.8. The van der Waals surface area contributed by atoms with Crippen molar-refractivity contribution in [3.05, 3.63) is 23.8 Å². The predicted molar refractivity (Wildman–Crippen MR) is 85.8 cm³/mol. The number of aryl methyl sites for hydroxylation is 1. The first-order valence-corrected chi connectivity index (χ1v) is 7.94. The van der Waals surface area contributed by atoms with E-state index < -0.39 is 11.7 Å². The Morgan fingerprint density at radius 1 is 1.35 bits per heavy atom. The van der Waals surface area contributed by atoms with E-state index in [1.54, 1.807) is 0 Å².